The molecular weight excluding hydrogens is 298 g/mol. The molecule has 0 atom stereocenters. The minimum atomic E-state index is -1.26. The molecule has 0 amide bonds. The first-order valence-electron chi connectivity index (χ1n) is 6.64. The molecule has 0 N–H and O–H groups in total. The third kappa shape index (κ3) is 2.32. The lowest BCUT2D eigenvalue weighted by atomic mass is 10.2. The van der Waals surface area contributed by atoms with Crippen molar-refractivity contribution in [1.29, 1.82) is 0 Å². The van der Waals surface area contributed by atoms with E-state index in [1.807, 2.05) is 6.92 Å². The highest BCUT2D eigenvalue weighted by molar-refractivity contribution is 5.78. The van der Waals surface area contributed by atoms with E-state index in [0.717, 1.165) is 18.3 Å². The van der Waals surface area contributed by atoms with Gasteiger partial charge in [0.2, 0.25) is 0 Å². The third-order valence-electron chi connectivity index (χ3n) is 3.41. The van der Waals surface area contributed by atoms with E-state index in [-0.39, 0.29) is 6.54 Å². The van der Waals surface area contributed by atoms with Gasteiger partial charge in [0.25, 0.3) is 0 Å². The number of hydrogen-bond donors (Lipinski definition) is 0. The molecule has 2 heterocycles. The van der Waals surface area contributed by atoms with Crippen LogP contribution in [0.5, 0.6) is 0 Å². The first-order chi connectivity index (χ1) is 10.5. The van der Waals surface area contributed by atoms with Crippen LogP contribution in [-0.4, -0.2) is 14.8 Å². The summed E-state index contributed by atoms with van der Waals surface area (Å²) in [5.74, 6) is -3.79. The van der Waals surface area contributed by atoms with Crippen molar-refractivity contribution in [2.24, 2.45) is 0 Å². The van der Waals surface area contributed by atoms with Crippen LogP contribution in [0.15, 0.2) is 24.4 Å². The average Bonchev–Trinajstić information content (AvgIpc) is 2.84. The summed E-state index contributed by atoms with van der Waals surface area (Å²) in [4.78, 5) is 3.91. The molecule has 0 bridgehead atoms. The second kappa shape index (κ2) is 5.40. The summed E-state index contributed by atoms with van der Waals surface area (Å²) in [7, 11) is 0. The molecule has 114 valence electrons. The molecule has 0 aliphatic carbocycles. The summed E-state index contributed by atoms with van der Waals surface area (Å²) in [6.07, 6.45) is 1.50. The SMILES string of the molecule is CCc1nn(Cc2c(F)ccc(F)c2F)c2ncc(F)cc12. The van der Waals surface area contributed by atoms with Crippen LogP contribution in [0.3, 0.4) is 0 Å². The van der Waals surface area contributed by atoms with Gasteiger partial charge in [-0.3, -0.25) is 0 Å². The van der Waals surface area contributed by atoms with Gasteiger partial charge in [-0.1, -0.05) is 6.92 Å². The minimum absolute atomic E-state index is 0.293. The van der Waals surface area contributed by atoms with E-state index in [4.69, 9.17) is 0 Å². The molecule has 0 fully saturated rings. The fraction of sp³-hybridized carbons (Fsp3) is 0.200. The van der Waals surface area contributed by atoms with Gasteiger partial charge in [-0.25, -0.2) is 27.2 Å². The first kappa shape index (κ1) is 14.5. The normalized spacial score (nSPS) is 11.3. The smallest absolute Gasteiger partial charge is 0.166 e. The van der Waals surface area contributed by atoms with E-state index < -0.39 is 28.8 Å². The van der Waals surface area contributed by atoms with Crippen LogP contribution in [-0.2, 0) is 13.0 Å². The lowest BCUT2D eigenvalue weighted by Gasteiger charge is -2.06. The number of aromatic nitrogens is 3. The molecule has 3 rings (SSSR count). The van der Waals surface area contributed by atoms with Gasteiger partial charge in [0.15, 0.2) is 17.3 Å². The van der Waals surface area contributed by atoms with E-state index in [0.29, 0.717) is 23.1 Å². The van der Waals surface area contributed by atoms with Gasteiger partial charge in [-0.05, 0) is 24.6 Å². The number of aryl methyl sites for hydroxylation is 1. The molecule has 3 aromatic rings. The van der Waals surface area contributed by atoms with Crippen molar-refractivity contribution in [3.63, 3.8) is 0 Å². The Labute approximate surface area is 123 Å². The maximum atomic E-state index is 13.8. The van der Waals surface area contributed by atoms with Gasteiger partial charge < -0.3 is 0 Å². The molecule has 0 radical (unpaired) electrons. The molecule has 3 nitrogen and oxygen atoms in total. The molecule has 22 heavy (non-hydrogen) atoms. The fourth-order valence-electron chi connectivity index (χ4n) is 2.33. The molecule has 0 spiro atoms. The number of pyridine rings is 1. The van der Waals surface area contributed by atoms with Crippen LogP contribution >= 0.6 is 0 Å². The van der Waals surface area contributed by atoms with Crippen molar-refractivity contribution in [2.45, 2.75) is 19.9 Å². The zero-order valence-corrected chi connectivity index (χ0v) is 11.6. The van der Waals surface area contributed by atoms with Gasteiger partial charge in [-0.15, -0.1) is 0 Å². The standard InChI is InChI=1S/C15H11F4N3/c1-2-13-9-5-8(16)6-20-15(9)22(21-13)7-10-11(17)3-4-12(18)14(10)19/h3-6H,2,7H2,1H3. The fourth-order valence-corrected chi connectivity index (χ4v) is 2.33. The number of benzene rings is 1. The van der Waals surface area contributed by atoms with E-state index in [1.165, 1.54) is 10.7 Å². The molecule has 7 heteroatoms. The zero-order chi connectivity index (χ0) is 15.9. The van der Waals surface area contributed by atoms with Crippen LogP contribution < -0.4 is 0 Å². The molecule has 0 saturated heterocycles. The zero-order valence-electron chi connectivity index (χ0n) is 11.6. The molecule has 0 saturated carbocycles. The second-order valence-electron chi connectivity index (χ2n) is 4.80. The summed E-state index contributed by atoms with van der Waals surface area (Å²) in [6.45, 7) is 1.49. The van der Waals surface area contributed by atoms with E-state index in [2.05, 4.69) is 10.1 Å². The van der Waals surface area contributed by atoms with Crippen LogP contribution in [0.4, 0.5) is 17.6 Å². The van der Waals surface area contributed by atoms with Crippen LogP contribution in [0.25, 0.3) is 11.0 Å². The Balaban J connectivity index is 2.14. The Morgan fingerprint density at radius 2 is 1.82 bits per heavy atom. The Bertz CT molecular complexity index is 858. The lowest BCUT2D eigenvalue weighted by Crippen LogP contribution is -2.08. The predicted octanol–water partition coefficient (Wildman–Crippen LogP) is 3.60. The number of fused-ring (bicyclic) bond motifs is 1. The predicted molar refractivity (Wildman–Crippen MR) is 72.3 cm³/mol. The summed E-state index contributed by atoms with van der Waals surface area (Å²) < 4.78 is 55.3. The Morgan fingerprint density at radius 3 is 2.55 bits per heavy atom. The lowest BCUT2D eigenvalue weighted by molar-refractivity contribution is 0.471. The summed E-state index contributed by atoms with van der Waals surface area (Å²) in [5.41, 5.74) is 0.402. The number of halogens is 4. The summed E-state index contributed by atoms with van der Waals surface area (Å²) in [6, 6.07) is 2.84. The largest absolute Gasteiger partial charge is 0.242 e. The monoisotopic (exact) mass is 309 g/mol. The van der Waals surface area contributed by atoms with Gasteiger partial charge in [0.1, 0.15) is 11.6 Å². The van der Waals surface area contributed by atoms with Crippen molar-refractivity contribution in [3.05, 3.63) is 58.9 Å². The van der Waals surface area contributed by atoms with Crippen molar-refractivity contribution >= 4 is 11.0 Å². The number of rotatable bonds is 3. The topological polar surface area (TPSA) is 30.7 Å². The Kier molecular flexibility index (Phi) is 3.56. The molecule has 0 aliphatic heterocycles. The van der Waals surface area contributed by atoms with Gasteiger partial charge in [0, 0.05) is 10.9 Å². The van der Waals surface area contributed by atoms with E-state index in [9.17, 15) is 17.6 Å². The molecular formula is C15H11F4N3. The van der Waals surface area contributed by atoms with Crippen molar-refractivity contribution in [2.75, 3.05) is 0 Å². The first-order valence-corrected chi connectivity index (χ1v) is 6.64. The molecule has 0 aliphatic rings. The highest BCUT2D eigenvalue weighted by atomic mass is 19.2. The Hall–Kier alpha value is -2.44. The van der Waals surface area contributed by atoms with Crippen molar-refractivity contribution < 1.29 is 17.6 Å². The quantitative estimate of drug-likeness (QED) is 0.547. The van der Waals surface area contributed by atoms with Crippen LogP contribution in [0, 0.1) is 23.3 Å². The van der Waals surface area contributed by atoms with Crippen molar-refractivity contribution in [1.82, 2.24) is 14.8 Å². The summed E-state index contributed by atoms with van der Waals surface area (Å²) in [5, 5.41) is 4.66. The van der Waals surface area contributed by atoms with Crippen LogP contribution in [0.1, 0.15) is 18.2 Å². The van der Waals surface area contributed by atoms with E-state index in [1.54, 1.807) is 0 Å². The summed E-state index contributed by atoms with van der Waals surface area (Å²) >= 11 is 0. The molecule has 2 aromatic heterocycles. The maximum Gasteiger partial charge on any atom is 0.166 e. The highest BCUT2D eigenvalue weighted by Gasteiger charge is 2.18. The van der Waals surface area contributed by atoms with Gasteiger partial charge in [0.05, 0.1) is 18.4 Å². The molecule has 0 unspecified atom stereocenters. The third-order valence-corrected chi connectivity index (χ3v) is 3.41. The Morgan fingerprint density at radius 1 is 1.09 bits per heavy atom. The van der Waals surface area contributed by atoms with Crippen molar-refractivity contribution in [3.8, 4) is 0 Å². The van der Waals surface area contributed by atoms with Gasteiger partial charge >= 0.3 is 0 Å². The van der Waals surface area contributed by atoms with Crippen LogP contribution in [0.2, 0.25) is 0 Å². The van der Waals surface area contributed by atoms with Gasteiger partial charge in [-0.2, -0.15) is 5.10 Å². The maximum absolute atomic E-state index is 13.8. The minimum Gasteiger partial charge on any atom is -0.242 e. The number of nitrogens with zero attached hydrogens (tertiary/aromatic N) is 3. The molecule has 1 aromatic carbocycles. The average molecular weight is 309 g/mol. The van der Waals surface area contributed by atoms with E-state index >= 15 is 0 Å². The highest BCUT2D eigenvalue weighted by Crippen LogP contribution is 2.22. The number of hydrogen-bond acceptors (Lipinski definition) is 2. The second-order valence-corrected chi connectivity index (χ2v) is 4.80.